The van der Waals surface area contributed by atoms with Crippen LogP contribution in [-0.4, -0.2) is 72.7 Å². The summed E-state index contributed by atoms with van der Waals surface area (Å²) in [6.45, 7) is 4.18. The minimum absolute atomic E-state index is 0.0195. The van der Waals surface area contributed by atoms with Gasteiger partial charge < -0.3 is 19.3 Å². The van der Waals surface area contributed by atoms with Gasteiger partial charge in [-0.2, -0.15) is 0 Å². The van der Waals surface area contributed by atoms with Gasteiger partial charge in [-0.1, -0.05) is 12.1 Å². The Morgan fingerprint density at radius 2 is 1.67 bits per heavy atom. The fourth-order valence-corrected chi connectivity index (χ4v) is 5.89. The Morgan fingerprint density at radius 1 is 1.04 bits per heavy atom. The lowest BCUT2D eigenvalue weighted by molar-refractivity contribution is -0.134. The Bertz CT molecular complexity index is 627. The Hall–Kier alpha value is -1.54. The quantitative estimate of drug-likeness (QED) is 0.743. The first-order valence-electron chi connectivity index (χ1n) is 9.33. The van der Waals surface area contributed by atoms with Gasteiger partial charge in [0.05, 0.1) is 11.2 Å². The second-order valence-electron chi connectivity index (χ2n) is 6.35. The Balaban J connectivity index is 1.42. The van der Waals surface area contributed by atoms with Crippen molar-refractivity contribution >= 4 is 35.5 Å². The second kappa shape index (κ2) is 10.1. The normalized spacial score (nSPS) is 18.3. The smallest absolute Gasteiger partial charge is 0.409 e. The molecule has 0 saturated carbocycles. The van der Waals surface area contributed by atoms with E-state index < -0.39 is 0 Å². The van der Waals surface area contributed by atoms with Crippen LogP contribution in [0.4, 0.5) is 4.79 Å². The maximum absolute atomic E-state index is 12.3. The van der Waals surface area contributed by atoms with Crippen molar-refractivity contribution in [1.29, 1.82) is 0 Å². The van der Waals surface area contributed by atoms with Gasteiger partial charge in [0.1, 0.15) is 5.75 Å². The molecule has 2 aliphatic rings. The number of ether oxygens (including phenoxy) is 2. The van der Waals surface area contributed by atoms with Gasteiger partial charge in [-0.25, -0.2) is 4.79 Å². The van der Waals surface area contributed by atoms with Crippen LogP contribution in [0, 0.1) is 0 Å². The molecule has 3 rings (SSSR count). The van der Waals surface area contributed by atoms with Crippen molar-refractivity contribution < 1.29 is 19.1 Å². The molecule has 1 aromatic carbocycles. The minimum Gasteiger partial charge on any atom is -0.484 e. The number of piperazine rings is 1. The molecule has 27 heavy (non-hydrogen) atoms. The molecule has 0 aromatic heterocycles. The third-order valence-corrected chi connectivity index (χ3v) is 7.52. The van der Waals surface area contributed by atoms with Gasteiger partial charge in [-0.15, -0.1) is 23.5 Å². The molecular weight excluding hydrogens is 384 g/mol. The molecule has 0 atom stereocenters. The molecule has 148 valence electrons. The Morgan fingerprint density at radius 3 is 2.30 bits per heavy atom. The van der Waals surface area contributed by atoms with Crippen LogP contribution in [0.1, 0.15) is 23.5 Å². The van der Waals surface area contributed by atoms with Crippen LogP contribution in [0.25, 0.3) is 0 Å². The summed E-state index contributed by atoms with van der Waals surface area (Å²) in [6, 6.07) is 8.07. The topological polar surface area (TPSA) is 59.1 Å². The highest BCUT2D eigenvalue weighted by Gasteiger charge is 2.25. The zero-order valence-electron chi connectivity index (χ0n) is 15.6. The molecule has 0 aliphatic carbocycles. The van der Waals surface area contributed by atoms with E-state index in [-0.39, 0.29) is 18.6 Å². The SMILES string of the molecule is CCOC(=O)N1CCN(C(=O)COc2ccc(C3SCCCS3)cc2)CC1. The van der Waals surface area contributed by atoms with Crippen LogP contribution in [-0.2, 0) is 9.53 Å². The van der Waals surface area contributed by atoms with Crippen LogP contribution in [0.3, 0.4) is 0 Å². The maximum Gasteiger partial charge on any atom is 0.409 e. The molecule has 2 aliphatic heterocycles. The lowest BCUT2D eigenvalue weighted by atomic mass is 10.2. The molecule has 1 aromatic rings. The molecule has 0 spiro atoms. The number of nitrogens with zero attached hydrogens (tertiary/aromatic N) is 2. The third kappa shape index (κ3) is 5.72. The summed E-state index contributed by atoms with van der Waals surface area (Å²) >= 11 is 3.98. The lowest BCUT2D eigenvalue weighted by Crippen LogP contribution is -2.51. The fraction of sp³-hybridized carbons (Fsp3) is 0.579. The van der Waals surface area contributed by atoms with Crippen LogP contribution in [0.15, 0.2) is 24.3 Å². The van der Waals surface area contributed by atoms with Crippen molar-refractivity contribution in [2.24, 2.45) is 0 Å². The van der Waals surface area contributed by atoms with E-state index >= 15 is 0 Å². The monoisotopic (exact) mass is 410 g/mol. The van der Waals surface area contributed by atoms with Gasteiger partial charge >= 0.3 is 6.09 Å². The van der Waals surface area contributed by atoms with Crippen molar-refractivity contribution in [2.45, 2.75) is 17.9 Å². The molecular formula is C19H26N2O4S2. The molecule has 2 fully saturated rings. The Kier molecular flexibility index (Phi) is 7.58. The van der Waals surface area contributed by atoms with E-state index in [2.05, 4.69) is 12.1 Å². The number of carbonyl (C=O) groups is 2. The molecule has 0 radical (unpaired) electrons. The first-order valence-corrected chi connectivity index (χ1v) is 11.4. The van der Waals surface area contributed by atoms with Gasteiger partial charge in [-0.05, 0) is 42.5 Å². The summed E-state index contributed by atoms with van der Waals surface area (Å²) < 4.78 is 11.2. The number of hydrogen-bond donors (Lipinski definition) is 0. The lowest BCUT2D eigenvalue weighted by Gasteiger charge is -2.33. The van der Waals surface area contributed by atoms with Crippen LogP contribution in [0.5, 0.6) is 5.75 Å². The largest absolute Gasteiger partial charge is 0.484 e. The standard InChI is InChI=1S/C19H26N2O4S2/c1-2-24-19(23)21-10-8-20(9-11-21)17(22)14-25-16-6-4-15(5-7-16)18-26-12-3-13-27-18/h4-7,18H,2-3,8-14H2,1H3. The number of rotatable bonds is 5. The van der Waals surface area contributed by atoms with Crippen LogP contribution in [0.2, 0.25) is 0 Å². The van der Waals surface area contributed by atoms with E-state index in [0.717, 1.165) is 0 Å². The molecule has 2 heterocycles. The Labute approximate surface area is 168 Å². The van der Waals surface area contributed by atoms with E-state index in [1.807, 2.05) is 35.7 Å². The van der Waals surface area contributed by atoms with E-state index in [1.54, 1.807) is 16.7 Å². The molecule has 6 nitrogen and oxygen atoms in total. The zero-order valence-corrected chi connectivity index (χ0v) is 17.2. The molecule has 0 unspecified atom stereocenters. The number of thioether (sulfide) groups is 2. The number of carbonyl (C=O) groups excluding carboxylic acids is 2. The summed E-state index contributed by atoms with van der Waals surface area (Å²) in [5.74, 6) is 3.09. The summed E-state index contributed by atoms with van der Waals surface area (Å²) in [5.41, 5.74) is 1.30. The van der Waals surface area contributed by atoms with Gasteiger partial charge in [-0.3, -0.25) is 4.79 Å². The highest BCUT2D eigenvalue weighted by molar-refractivity contribution is 8.16. The molecule has 0 N–H and O–H groups in total. The van der Waals surface area contributed by atoms with Crippen LogP contribution < -0.4 is 4.74 Å². The predicted octanol–water partition coefficient (Wildman–Crippen LogP) is 3.23. The number of hydrogen-bond acceptors (Lipinski definition) is 6. The fourth-order valence-electron chi connectivity index (χ4n) is 2.99. The van der Waals surface area contributed by atoms with Crippen molar-refractivity contribution in [3.8, 4) is 5.75 Å². The average molecular weight is 411 g/mol. The first-order chi connectivity index (χ1) is 13.2. The van der Waals surface area contributed by atoms with E-state index in [9.17, 15) is 9.59 Å². The maximum atomic E-state index is 12.3. The molecule has 0 bridgehead atoms. The van der Waals surface area contributed by atoms with Crippen molar-refractivity contribution in [1.82, 2.24) is 9.80 Å². The van der Waals surface area contributed by atoms with Crippen LogP contribution >= 0.6 is 23.5 Å². The highest BCUT2D eigenvalue weighted by Crippen LogP contribution is 2.43. The van der Waals surface area contributed by atoms with Gasteiger partial charge in [0, 0.05) is 26.2 Å². The molecule has 8 heteroatoms. The predicted molar refractivity (Wildman–Crippen MR) is 109 cm³/mol. The zero-order chi connectivity index (χ0) is 19.1. The van der Waals surface area contributed by atoms with E-state index in [0.29, 0.717) is 43.1 Å². The van der Waals surface area contributed by atoms with Crippen molar-refractivity contribution in [3.63, 3.8) is 0 Å². The van der Waals surface area contributed by atoms with E-state index in [1.165, 1.54) is 23.5 Å². The first kappa shape index (κ1) is 20.2. The number of benzene rings is 1. The van der Waals surface area contributed by atoms with Crippen molar-refractivity contribution in [3.05, 3.63) is 29.8 Å². The average Bonchev–Trinajstić information content (AvgIpc) is 2.73. The highest BCUT2D eigenvalue weighted by atomic mass is 32.2. The molecule has 2 amide bonds. The summed E-state index contributed by atoms with van der Waals surface area (Å²) in [6.07, 6.45) is 0.971. The van der Waals surface area contributed by atoms with Gasteiger partial charge in [0.25, 0.3) is 5.91 Å². The summed E-state index contributed by atoms with van der Waals surface area (Å²) in [5, 5.41) is 0. The third-order valence-electron chi connectivity index (χ3n) is 4.50. The second-order valence-corrected chi connectivity index (χ2v) is 9.08. The van der Waals surface area contributed by atoms with E-state index in [4.69, 9.17) is 9.47 Å². The van der Waals surface area contributed by atoms with Gasteiger partial charge in [0.2, 0.25) is 0 Å². The summed E-state index contributed by atoms with van der Waals surface area (Å²) in [4.78, 5) is 27.4. The van der Waals surface area contributed by atoms with Gasteiger partial charge in [0.15, 0.2) is 6.61 Å². The minimum atomic E-state index is -0.310. The number of amides is 2. The molecule has 2 saturated heterocycles. The van der Waals surface area contributed by atoms with Crippen molar-refractivity contribution in [2.75, 3.05) is 50.9 Å². The summed E-state index contributed by atoms with van der Waals surface area (Å²) in [7, 11) is 0.